The molecule has 6 nitrogen and oxygen atoms in total. The van der Waals surface area contributed by atoms with Crippen molar-refractivity contribution < 1.29 is 22.7 Å². The third-order valence-corrected chi connectivity index (χ3v) is 5.87. The number of fused-ring (bicyclic) bond motifs is 3. The maximum Gasteiger partial charge on any atom is 0.419 e. The van der Waals surface area contributed by atoms with E-state index in [9.17, 15) is 18.0 Å². The minimum atomic E-state index is -4.59. The van der Waals surface area contributed by atoms with Crippen molar-refractivity contribution in [1.29, 1.82) is 0 Å². The van der Waals surface area contributed by atoms with Crippen molar-refractivity contribution in [3.8, 4) is 0 Å². The molecule has 3 heterocycles. The molecule has 3 aromatic rings. The van der Waals surface area contributed by atoms with Gasteiger partial charge in [0.05, 0.1) is 22.5 Å². The average Bonchev–Trinajstić information content (AvgIpc) is 2.78. The van der Waals surface area contributed by atoms with Gasteiger partial charge in [-0.2, -0.15) is 13.2 Å². The predicted molar refractivity (Wildman–Crippen MR) is 116 cm³/mol. The predicted octanol–water partition coefficient (Wildman–Crippen LogP) is 5.10. The van der Waals surface area contributed by atoms with E-state index in [-0.39, 0.29) is 18.0 Å². The summed E-state index contributed by atoms with van der Waals surface area (Å²) in [6.45, 7) is 2.11. The second-order valence-electron chi connectivity index (χ2n) is 7.62. The van der Waals surface area contributed by atoms with Crippen molar-refractivity contribution in [3.05, 3.63) is 58.7 Å². The number of alkyl halides is 3. The number of pyridine rings is 1. The second-order valence-corrected chi connectivity index (χ2v) is 8.06. The Labute approximate surface area is 186 Å². The highest BCUT2D eigenvalue weighted by Crippen LogP contribution is 2.43. The van der Waals surface area contributed by atoms with Crippen LogP contribution in [0.25, 0.3) is 10.9 Å². The Morgan fingerprint density at radius 3 is 2.62 bits per heavy atom. The number of anilines is 3. The van der Waals surface area contributed by atoms with Gasteiger partial charge in [0, 0.05) is 54.0 Å². The van der Waals surface area contributed by atoms with Crippen LogP contribution in [0.5, 0.6) is 0 Å². The molecule has 0 spiro atoms. The number of halogens is 4. The molecule has 0 bridgehead atoms. The number of ether oxygens (including phenoxy) is 1. The van der Waals surface area contributed by atoms with E-state index in [4.69, 9.17) is 16.3 Å². The lowest BCUT2D eigenvalue weighted by Gasteiger charge is -2.33. The van der Waals surface area contributed by atoms with Gasteiger partial charge in [0.2, 0.25) is 0 Å². The Morgan fingerprint density at radius 2 is 1.88 bits per heavy atom. The second kappa shape index (κ2) is 7.83. The first-order chi connectivity index (χ1) is 15.3. The van der Waals surface area contributed by atoms with Crippen LogP contribution in [0, 0.1) is 0 Å². The highest BCUT2D eigenvalue weighted by atomic mass is 35.5. The Balaban J connectivity index is 1.68. The van der Waals surface area contributed by atoms with E-state index < -0.39 is 17.8 Å². The Bertz CT molecular complexity index is 1210. The quantitative estimate of drug-likeness (QED) is 0.574. The van der Waals surface area contributed by atoms with Crippen LogP contribution in [0.1, 0.15) is 11.1 Å². The zero-order valence-corrected chi connectivity index (χ0v) is 17.5. The van der Waals surface area contributed by atoms with E-state index in [1.807, 2.05) is 0 Å². The monoisotopic (exact) mass is 462 g/mol. The van der Waals surface area contributed by atoms with Gasteiger partial charge >= 0.3 is 12.3 Å². The smallest absolute Gasteiger partial charge is 0.419 e. The molecule has 2 aliphatic heterocycles. The van der Waals surface area contributed by atoms with Crippen LogP contribution in [0.3, 0.4) is 0 Å². The molecule has 0 unspecified atom stereocenters. The lowest BCUT2D eigenvalue weighted by atomic mass is 10.0. The van der Waals surface area contributed by atoms with E-state index in [1.54, 1.807) is 29.3 Å². The minimum Gasteiger partial charge on any atom is -0.444 e. The van der Waals surface area contributed by atoms with Gasteiger partial charge in [-0.25, -0.2) is 9.69 Å². The molecule has 2 aliphatic rings. The Hall–Kier alpha value is -3.04. The molecular formula is C22H18ClF3N4O2. The molecule has 0 saturated carbocycles. The molecule has 1 amide bonds. The van der Waals surface area contributed by atoms with Crippen molar-refractivity contribution in [2.45, 2.75) is 12.8 Å². The van der Waals surface area contributed by atoms with E-state index in [2.05, 4.69) is 10.3 Å². The molecule has 1 saturated heterocycles. The first-order valence-corrected chi connectivity index (χ1v) is 10.4. The van der Waals surface area contributed by atoms with Crippen molar-refractivity contribution in [2.24, 2.45) is 0 Å². The largest absolute Gasteiger partial charge is 0.444 e. The number of benzene rings is 2. The maximum atomic E-state index is 14.0. The van der Waals surface area contributed by atoms with Gasteiger partial charge in [-0.05, 0) is 36.4 Å². The highest BCUT2D eigenvalue weighted by Gasteiger charge is 2.37. The van der Waals surface area contributed by atoms with Gasteiger partial charge in [-0.3, -0.25) is 4.98 Å². The summed E-state index contributed by atoms with van der Waals surface area (Å²) in [4.78, 5) is 20.0. The topological polar surface area (TPSA) is 57.7 Å². The van der Waals surface area contributed by atoms with E-state index >= 15 is 0 Å². The zero-order valence-electron chi connectivity index (χ0n) is 16.7. The molecule has 32 heavy (non-hydrogen) atoms. The van der Waals surface area contributed by atoms with Crippen molar-refractivity contribution >= 4 is 45.7 Å². The van der Waals surface area contributed by atoms with Crippen LogP contribution in [0.15, 0.2) is 42.6 Å². The highest BCUT2D eigenvalue weighted by molar-refractivity contribution is 6.31. The summed E-state index contributed by atoms with van der Waals surface area (Å²) in [5.74, 6) is 0. The Morgan fingerprint density at radius 1 is 1.09 bits per heavy atom. The fourth-order valence-electron chi connectivity index (χ4n) is 4.16. The van der Waals surface area contributed by atoms with E-state index in [0.717, 1.165) is 11.0 Å². The molecule has 1 aromatic heterocycles. The van der Waals surface area contributed by atoms with Crippen LogP contribution < -0.4 is 15.1 Å². The summed E-state index contributed by atoms with van der Waals surface area (Å²) in [7, 11) is 0. The number of amides is 1. The maximum absolute atomic E-state index is 14.0. The lowest BCUT2D eigenvalue weighted by Crippen LogP contribution is -2.44. The number of hydrogen-bond donors (Lipinski definition) is 1. The minimum absolute atomic E-state index is 0.0227. The molecule has 0 atom stereocenters. The number of cyclic esters (lactones) is 1. The third-order valence-electron chi connectivity index (χ3n) is 5.64. The summed E-state index contributed by atoms with van der Waals surface area (Å²) in [5.41, 5.74) is 0.941. The van der Waals surface area contributed by atoms with Crippen LogP contribution in [-0.4, -0.2) is 37.3 Å². The zero-order chi connectivity index (χ0) is 22.5. The first-order valence-electron chi connectivity index (χ1n) is 10.0. The van der Waals surface area contributed by atoms with E-state index in [1.165, 1.54) is 12.1 Å². The number of nitrogens with zero attached hydrogens (tertiary/aromatic N) is 3. The molecule has 0 radical (unpaired) electrons. The van der Waals surface area contributed by atoms with E-state index in [0.29, 0.717) is 53.4 Å². The van der Waals surface area contributed by atoms with Gasteiger partial charge in [-0.1, -0.05) is 11.6 Å². The average molecular weight is 463 g/mol. The van der Waals surface area contributed by atoms with Gasteiger partial charge in [0.15, 0.2) is 0 Å². The van der Waals surface area contributed by atoms with Crippen molar-refractivity contribution in [3.63, 3.8) is 0 Å². The fraction of sp³-hybridized carbons (Fsp3) is 0.273. The van der Waals surface area contributed by atoms with Crippen LogP contribution in [0.4, 0.5) is 35.0 Å². The van der Waals surface area contributed by atoms with Crippen molar-refractivity contribution in [1.82, 2.24) is 10.3 Å². The number of nitrogens with one attached hydrogen (secondary N) is 1. The lowest BCUT2D eigenvalue weighted by molar-refractivity contribution is -0.137. The molecule has 5 rings (SSSR count). The molecule has 0 aliphatic carbocycles. The molecule has 2 aromatic carbocycles. The van der Waals surface area contributed by atoms with Gasteiger partial charge < -0.3 is 15.0 Å². The summed E-state index contributed by atoms with van der Waals surface area (Å²) in [6.07, 6.45) is -3.79. The molecule has 166 valence electrons. The summed E-state index contributed by atoms with van der Waals surface area (Å²) in [5, 5.41) is 4.12. The standard InChI is InChI=1S/C22H18ClF3N4O2/c23-14-1-3-18-16(9-14)20-13(11-28-18)12-32-21(31)30(20)15-2-4-19(17(10-15)22(24,25)26)29-7-5-27-6-8-29/h1-4,9-11,27H,5-8,12H2. The van der Waals surface area contributed by atoms with Gasteiger partial charge in [-0.15, -0.1) is 0 Å². The summed E-state index contributed by atoms with van der Waals surface area (Å²) in [6, 6.07) is 8.95. The Kier molecular flexibility index (Phi) is 5.10. The first kappa shape index (κ1) is 20.8. The van der Waals surface area contributed by atoms with Gasteiger partial charge in [0.1, 0.15) is 6.61 Å². The molecule has 1 N–H and O–H groups in total. The number of hydrogen-bond acceptors (Lipinski definition) is 5. The molecule has 1 fully saturated rings. The number of piperazine rings is 1. The molecule has 10 heteroatoms. The summed E-state index contributed by atoms with van der Waals surface area (Å²) < 4.78 is 47.4. The van der Waals surface area contributed by atoms with Crippen LogP contribution in [-0.2, 0) is 17.5 Å². The van der Waals surface area contributed by atoms with Gasteiger partial charge in [0.25, 0.3) is 0 Å². The number of rotatable bonds is 2. The van der Waals surface area contributed by atoms with Crippen LogP contribution >= 0.6 is 11.6 Å². The number of carbonyl (C=O) groups is 1. The normalized spacial score (nSPS) is 16.8. The van der Waals surface area contributed by atoms with Crippen molar-refractivity contribution in [2.75, 3.05) is 36.0 Å². The molecular weight excluding hydrogens is 445 g/mol. The fourth-order valence-corrected chi connectivity index (χ4v) is 4.34. The van der Waals surface area contributed by atoms with Crippen LogP contribution in [0.2, 0.25) is 5.02 Å². The summed E-state index contributed by atoms with van der Waals surface area (Å²) >= 11 is 6.16. The SMILES string of the molecule is O=C1OCc2cnc3ccc(Cl)cc3c2N1c1ccc(N2CCNCC2)c(C(F)(F)F)c1. The third kappa shape index (κ3) is 3.61. The number of carbonyl (C=O) groups excluding carboxylic acids is 1. The number of aromatic nitrogens is 1.